The molecular formula is C20H28N4OS. The Morgan fingerprint density at radius 3 is 2.77 bits per heavy atom. The third kappa shape index (κ3) is 4.30. The summed E-state index contributed by atoms with van der Waals surface area (Å²) in [6.45, 7) is 9.08. The number of aryl methyl sites for hydroxylation is 1. The van der Waals surface area contributed by atoms with Crippen LogP contribution in [-0.2, 0) is 13.6 Å². The van der Waals surface area contributed by atoms with Gasteiger partial charge in [0.1, 0.15) is 5.69 Å². The first-order valence-corrected chi connectivity index (χ1v) is 10.0. The van der Waals surface area contributed by atoms with Crippen LogP contribution in [0.3, 0.4) is 0 Å². The molecule has 0 bridgehead atoms. The van der Waals surface area contributed by atoms with Crippen LogP contribution in [0, 0.1) is 19.8 Å². The molecule has 26 heavy (non-hydrogen) atoms. The van der Waals surface area contributed by atoms with Crippen molar-refractivity contribution >= 4 is 17.9 Å². The van der Waals surface area contributed by atoms with Gasteiger partial charge in [-0.2, -0.15) is 0 Å². The Hall–Kier alpha value is -1.79. The summed E-state index contributed by atoms with van der Waals surface area (Å²) in [6, 6.07) is 5.91. The van der Waals surface area contributed by atoms with Crippen LogP contribution >= 0.6 is 11.9 Å². The van der Waals surface area contributed by atoms with Crippen molar-refractivity contribution in [2.45, 2.75) is 45.1 Å². The molecule has 0 atom stereocenters. The Bertz CT molecular complexity index is 778. The summed E-state index contributed by atoms with van der Waals surface area (Å²) in [5.41, 5.74) is 3.84. The van der Waals surface area contributed by atoms with Gasteiger partial charge in [-0.3, -0.25) is 9.78 Å². The molecular weight excluding hydrogens is 344 g/mol. The van der Waals surface area contributed by atoms with E-state index >= 15 is 0 Å². The van der Waals surface area contributed by atoms with Gasteiger partial charge >= 0.3 is 0 Å². The van der Waals surface area contributed by atoms with Crippen LogP contribution < -0.4 is 5.32 Å². The normalized spacial score (nSPS) is 16.0. The topological polar surface area (TPSA) is 50.2 Å². The summed E-state index contributed by atoms with van der Waals surface area (Å²) in [5, 5.41) is 3.02. The van der Waals surface area contributed by atoms with Crippen LogP contribution in [-0.4, -0.2) is 32.9 Å². The van der Waals surface area contributed by atoms with Crippen LogP contribution in [0.15, 0.2) is 29.3 Å². The zero-order valence-corrected chi connectivity index (χ0v) is 16.9. The van der Waals surface area contributed by atoms with Gasteiger partial charge in [0.15, 0.2) is 0 Å². The second-order valence-corrected chi connectivity index (χ2v) is 8.31. The molecule has 2 aromatic rings. The number of pyridine rings is 1. The molecule has 1 N–H and O–H groups in total. The van der Waals surface area contributed by atoms with Crippen molar-refractivity contribution in [3.63, 3.8) is 0 Å². The first kappa shape index (κ1) is 19.0. The van der Waals surface area contributed by atoms with E-state index in [1.807, 2.05) is 36.7 Å². The van der Waals surface area contributed by atoms with Crippen molar-refractivity contribution in [2.75, 3.05) is 13.1 Å². The molecule has 0 unspecified atom stereocenters. The molecule has 140 valence electrons. The fourth-order valence-corrected chi connectivity index (χ4v) is 4.27. The standard InChI is InChI=1S/C20H28N4OS/c1-14-7-10-24(11-8-14)26-19-12-18(23(4)16(19)3)20(25)22-13-17-6-5-9-21-15(17)2/h5-6,9,12,14H,7-8,10-11,13H2,1-4H3,(H,22,25). The van der Waals surface area contributed by atoms with Crippen LogP contribution in [0.4, 0.5) is 0 Å². The fraction of sp³-hybridized carbons (Fsp3) is 0.500. The van der Waals surface area contributed by atoms with Crippen LogP contribution in [0.5, 0.6) is 0 Å². The van der Waals surface area contributed by atoms with Crippen molar-refractivity contribution in [1.29, 1.82) is 0 Å². The Balaban J connectivity index is 1.66. The minimum Gasteiger partial charge on any atom is -0.347 e. The van der Waals surface area contributed by atoms with Crippen molar-refractivity contribution in [3.8, 4) is 0 Å². The highest BCUT2D eigenvalue weighted by molar-refractivity contribution is 7.97. The largest absolute Gasteiger partial charge is 0.347 e. The molecule has 1 fully saturated rings. The lowest BCUT2D eigenvalue weighted by Gasteiger charge is -2.28. The number of nitrogens with zero attached hydrogens (tertiary/aromatic N) is 3. The highest BCUT2D eigenvalue weighted by Gasteiger charge is 2.21. The number of hydrogen-bond donors (Lipinski definition) is 1. The molecule has 0 spiro atoms. The van der Waals surface area contributed by atoms with Gasteiger partial charge in [-0.1, -0.05) is 13.0 Å². The Labute approximate surface area is 160 Å². The summed E-state index contributed by atoms with van der Waals surface area (Å²) in [5.74, 6) is 0.777. The number of carbonyl (C=O) groups excluding carboxylic acids is 1. The summed E-state index contributed by atoms with van der Waals surface area (Å²) in [6.07, 6.45) is 4.26. The summed E-state index contributed by atoms with van der Waals surface area (Å²) < 4.78 is 4.41. The molecule has 6 heteroatoms. The van der Waals surface area contributed by atoms with Gasteiger partial charge in [-0.25, -0.2) is 4.31 Å². The van der Waals surface area contributed by atoms with Gasteiger partial charge < -0.3 is 9.88 Å². The molecule has 1 saturated heterocycles. The van der Waals surface area contributed by atoms with Crippen molar-refractivity contribution in [2.24, 2.45) is 13.0 Å². The maximum absolute atomic E-state index is 12.7. The molecule has 3 heterocycles. The van der Waals surface area contributed by atoms with Gasteiger partial charge in [0.2, 0.25) is 0 Å². The first-order chi connectivity index (χ1) is 12.5. The lowest BCUT2D eigenvalue weighted by molar-refractivity contribution is 0.0942. The van der Waals surface area contributed by atoms with Crippen molar-refractivity contribution < 1.29 is 4.79 Å². The first-order valence-electron chi connectivity index (χ1n) is 9.23. The predicted molar refractivity (Wildman–Crippen MR) is 106 cm³/mol. The number of hydrogen-bond acceptors (Lipinski definition) is 4. The molecule has 2 aromatic heterocycles. The number of amides is 1. The van der Waals surface area contributed by atoms with Gasteiger partial charge in [0.25, 0.3) is 5.91 Å². The van der Waals surface area contributed by atoms with E-state index in [9.17, 15) is 4.79 Å². The van der Waals surface area contributed by atoms with Gasteiger partial charge in [0.05, 0.1) is 0 Å². The van der Waals surface area contributed by atoms with E-state index in [4.69, 9.17) is 0 Å². The molecule has 1 amide bonds. The van der Waals surface area contributed by atoms with Gasteiger partial charge in [-0.15, -0.1) is 0 Å². The lowest BCUT2D eigenvalue weighted by Crippen LogP contribution is -2.27. The number of piperidine rings is 1. The average Bonchev–Trinajstić information content (AvgIpc) is 2.91. The van der Waals surface area contributed by atoms with E-state index in [1.54, 1.807) is 18.1 Å². The second-order valence-electron chi connectivity index (χ2n) is 7.17. The maximum Gasteiger partial charge on any atom is 0.268 e. The molecule has 1 aliphatic rings. The summed E-state index contributed by atoms with van der Waals surface area (Å²) in [7, 11) is 1.96. The molecule has 0 aromatic carbocycles. The smallest absolute Gasteiger partial charge is 0.268 e. The molecule has 3 rings (SSSR count). The zero-order valence-electron chi connectivity index (χ0n) is 16.1. The maximum atomic E-state index is 12.7. The van der Waals surface area contributed by atoms with Gasteiger partial charge in [0, 0.05) is 49.2 Å². The number of aromatic nitrogens is 2. The van der Waals surface area contributed by atoms with E-state index in [-0.39, 0.29) is 5.91 Å². The molecule has 5 nitrogen and oxygen atoms in total. The third-order valence-corrected chi connectivity index (χ3v) is 6.48. The Kier molecular flexibility index (Phi) is 6.04. The number of carbonyl (C=O) groups is 1. The molecule has 0 radical (unpaired) electrons. The lowest BCUT2D eigenvalue weighted by atomic mass is 10.0. The van der Waals surface area contributed by atoms with Crippen molar-refractivity contribution in [1.82, 2.24) is 19.2 Å². The van der Waals surface area contributed by atoms with Crippen molar-refractivity contribution in [3.05, 3.63) is 47.0 Å². The average molecular weight is 373 g/mol. The van der Waals surface area contributed by atoms with Crippen LogP contribution in [0.25, 0.3) is 0 Å². The second kappa shape index (κ2) is 8.27. The quantitative estimate of drug-likeness (QED) is 0.813. The Morgan fingerprint density at radius 2 is 2.08 bits per heavy atom. The minimum absolute atomic E-state index is 0.0435. The SMILES string of the molecule is Cc1ncccc1CNC(=O)c1cc(SN2CCC(C)CC2)c(C)n1C. The highest BCUT2D eigenvalue weighted by Crippen LogP contribution is 2.31. The third-order valence-electron chi connectivity index (χ3n) is 5.25. The Morgan fingerprint density at radius 1 is 1.35 bits per heavy atom. The fourth-order valence-electron chi connectivity index (χ4n) is 3.17. The van der Waals surface area contributed by atoms with Crippen LogP contribution in [0.2, 0.25) is 0 Å². The van der Waals surface area contributed by atoms with E-state index in [0.29, 0.717) is 12.2 Å². The van der Waals surface area contributed by atoms with E-state index in [0.717, 1.165) is 36.0 Å². The van der Waals surface area contributed by atoms with E-state index < -0.39 is 0 Å². The number of nitrogens with one attached hydrogen (secondary N) is 1. The summed E-state index contributed by atoms with van der Waals surface area (Å²) >= 11 is 1.79. The molecule has 0 aliphatic carbocycles. The van der Waals surface area contributed by atoms with Gasteiger partial charge in [-0.05, 0) is 62.3 Å². The van der Waals surface area contributed by atoms with E-state index in [2.05, 4.69) is 28.5 Å². The minimum atomic E-state index is -0.0435. The predicted octanol–water partition coefficient (Wildman–Crippen LogP) is 3.71. The summed E-state index contributed by atoms with van der Waals surface area (Å²) in [4.78, 5) is 18.1. The van der Waals surface area contributed by atoms with Crippen LogP contribution in [0.1, 0.15) is 47.2 Å². The number of rotatable bonds is 5. The molecule has 0 saturated carbocycles. The highest BCUT2D eigenvalue weighted by atomic mass is 32.2. The molecule has 1 aliphatic heterocycles. The van der Waals surface area contributed by atoms with E-state index in [1.165, 1.54) is 17.7 Å². The monoisotopic (exact) mass is 372 g/mol. The zero-order chi connectivity index (χ0) is 18.7.